The average molecular weight is 603 g/mol. The quantitative estimate of drug-likeness (QED) is 0.239. The van der Waals surface area contributed by atoms with Gasteiger partial charge in [-0.2, -0.15) is 0 Å². The van der Waals surface area contributed by atoms with Crippen molar-refractivity contribution < 1.29 is 33.3 Å². The van der Waals surface area contributed by atoms with E-state index in [0.717, 1.165) is 57.8 Å². The third-order valence-electron chi connectivity index (χ3n) is 14.2. The third kappa shape index (κ3) is 4.97. The summed E-state index contributed by atoms with van der Waals surface area (Å²) in [5.74, 6) is 0.585. The highest BCUT2D eigenvalue weighted by Crippen LogP contribution is 2.76. The van der Waals surface area contributed by atoms with Crippen molar-refractivity contribution in [2.24, 2.45) is 45.3 Å². The maximum atomic E-state index is 12.7. The van der Waals surface area contributed by atoms with Gasteiger partial charge in [0.15, 0.2) is 0 Å². The van der Waals surface area contributed by atoms with Crippen molar-refractivity contribution in [2.75, 3.05) is 0 Å². The van der Waals surface area contributed by atoms with Crippen LogP contribution in [0.5, 0.6) is 0 Å². The van der Waals surface area contributed by atoms with Gasteiger partial charge >= 0.3 is 17.9 Å². The first-order valence-corrected chi connectivity index (χ1v) is 16.9. The first-order chi connectivity index (χ1) is 19.7. The Morgan fingerprint density at radius 1 is 0.721 bits per heavy atom. The lowest BCUT2D eigenvalue weighted by atomic mass is 9.35. The van der Waals surface area contributed by atoms with Gasteiger partial charge in [-0.3, -0.25) is 14.4 Å². The molecule has 1 aliphatic heterocycles. The summed E-state index contributed by atoms with van der Waals surface area (Å²) in [6.45, 7) is 22.9. The number of carbonyl (C=O) groups excluding carboxylic acids is 3. The highest BCUT2D eigenvalue weighted by atomic mass is 16.6. The lowest BCUT2D eigenvalue weighted by molar-refractivity contribution is -0.254. The first-order valence-electron chi connectivity index (χ1n) is 16.9. The van der Waals surface area contributed by atoms with Crippen LogP contribution >= 0.6 is 0 Å². The number of esters is 3. The summed E-state index contributed by atoms with van der Waals surface area (Å²) in [5.41, 5.74) is -1.07. The molecule has 0 unspecified atom stereocenters. The number of ether oxygens (including phenoxy) is 4. The van der Waals surface area contributed by atoms with Gasteiger partial charge in [0, 0.05) is 32.1 Å². The number of carbonyl (C=O) groups is 3. The van der Waals surface area contributed by atoms with Crippen molar-refractivity contribution in [1.29, 1.82) is 0 Å². The zero-order valence-electron chi connectivity index (χ0n) is 28.8. The van der Waals surface area contributed by atoms with Crippen LogP contribution < -0.4 is 0 Å². The van der Waals surface area contributed by atoms with E-state index in [1.165, 1.54) is 13.8 Å². The number of hydrogen-bond donors (Lipinski definition) is 0. The summed E-state index contributed by atoms with van der Waals surface area (Å²) in [6.07, 6.45) is 8.47. The van der Waals surface area contributed by atoms with Crippen molar-refractivity contribution >= 4 is 17.9 Å². The van der Waals surface area contributed by atoms with Gasteiger partial charge < -0.3 is 18.9 Å². The molecule has 5 fully saturated rings. The van der Waals surface area contributed by atoms with Gasteiger partial charge in [0.2, 0.25) is 0 Å². The number of rotatable bonds is 5. The zero-order chi connectivity index (χ0) is 32.0. The van der Waals surface area contributed by atoms with Crippen LogP contribution in [0, 0.1) is 45.3 Å². The largest absolute Gasteiger partial charge is 0.462 e. The topological polar surface area (TPSA) is 88.1 Å². The summed E-state index contributed by atoms with van der Waals surface area (Å²) < 4.78 is 24.9. The first kappa shape index (κ1) is 32.8. The Morgan fingerprint density at radius 2 is 1.35 bits per heavy atom. The van der Waals surface area contributed by atoms with Crippen molar-refractivity contribution in [3.05, 3.63) is 0 Å². The smallest absolute Gasteiger partial charge is 0.303 e. The van der Waals surface area contributed by atoms with Gasteiger partial charge in [-0.15, -0.1) is 0 Å². The molecule has 0 N–H and O–H groups in total. The lowest BCUT2D eigenvalue weighted by Gasteiger charge is -2.70. The van der Waals surface area contributed by atoms with Gasteiger partial charge in [-0.1, -0.05) is 34.6 Å². The van der Waals surface area contributed by atoms with Crippen LogP contribution in [0.3, 0.4) is 0 Å². The summed E-state index contributed by atoms with van der Waals surface area (Å²) in [5, 5.41) is 0. The fraction of sp³-hybridized carbons (Fsp3) is 0.917. The molecule has 11 atom stereocenters. The number of hydrogen-bond acceptors (Lipinski definition) is 7. The van der Waals surface area contributed by atoms with Gasteiger partial charge in [0.05, 0.1) is 11.7 Å². The third-order valence-corrected chi connectivity index (χ3v) is 14.2. The molecule has 0 aromatic rings. The van der Waals surface area contributed by atoms with Gasteiger partial charge in [0.25, 0.3) is 0 Å². The Bertz CT molecular complexity index is 1140. The van der Waals surface area contributed by atoms with E-state index in [-0.39, 0.29) is 75.3 Å². The van der Waals surface area contributed by atoms with Crippen LogP contribution in [-0.2, 0) is 33.3 Å². The Kier molecular flexibility index (Phi) is 7.96. The van der Waals surface area contributed by atoms with Crippen molar-refractivity contribution in [2.45, 2.75) is 163 Å². The van der Waals surface area contributed by atoms with E-state index in [1.54, 1.807) is 6.92 Å². The molecule has 4 saturated carbocycles. The van der Waals surface area contributed by atoms with Gasteiger partial charge in [-0.25, -0.2) is 0 Å². The van der Waals surface area contributed by atoms with E-state index < -0.39 is 5.60 Å². The van der Waals surface area contributed by atoms with E-state index in [0.29, 0.717) is 11.8 Å². The Hall–Kier alpha value is -1.63. The maximum absolute atomic E-state index is 12.7. The molecule has 5 rings (SSSR count). The molecule has 1 heterocycles. The summed E-state index contributed by atoms with van der Waals surface area (Å²) >= 11 is 0. The van der Waals surface area contributed by atoms with Crippen LogP contribution in [0.2, 0.25) is 0 Å². The predicted octanol–water partition coefficient (Wildman–Crippen LogP) is 7.42. The second-order valence-electron chi connectivity index (χ2n) is 17.2. The fourth-order valence-electron chi connectivity index (χ4n) is 12.2. The molecule has 0 amide bonds. The molecular formula is C36H58O7. The average Bonchev–Trinajstić information content (AvgIpc) is 3.44. The molecule has 0 aromatic heterocycles. The minimum Gasteiger partial charge on any atom is -0.462 e. The van der Waals surface area contributed by atoms with Crippen molar-refractivity contribution in [3.63, 3.8) is 0 Å². The predicted molar refractivity (Wildman–Crippen MR) is 164 cm³/mol. The van der Waals surface area contributed by atoms with Crippen molar-refractivity contribution in [3.8, 4) is 0 Å². The van der Waals surface area contributed by atoms with Crippen LogP contribution in [0.4, 0.5) is 0 Å². The lowest BCUT2D eigenvalue weighted by Crippen LogP contribution is -2.67. The molecular weight excluding hydrogens is 544 g/mol. The Balaban J connectivity index is 1.49. The van der Waals surface area contributed by atoms with E-state index in [1.807, 2.05) is 13.8 Å². The standard InChI is InChI=1S/C36H58O7/c1-21(37)40-25-20-27-33(8)16-14-28(41-22(2)38)31(4,5)26(33)13-18-34(27,9)35(10)17-12-24(30(25)35)36(11)19-15-29(43-36)32(6,7)42-23(3)39/h24-30H,12-20H2,1-11H3/t24-,25+,26-,27+,28-,29-,30-,33-,34+,35+,36-/m0/s1. The summed E-state index contributed by atoms with van der Waals surface area (Å²) in [6, 6.07) is 0. The Morgan fingerprint density at radius 3 is 1.95 bits per heavy atom. The van der Waals surface area contributed by atoms with E-state index >= 15 is 0 Å². The molecule has 0 aromatic carbocycles. The monoisotopic (exact) mass is 602 g/mol. The minimum absolute atomic E-state index is 0.0125. The minimum atomic E-state index is -0.699. The van der Waals surface area contributed by atoms with E-state index in [4.69, 9.17) is 18.9 Å². The normalized spacial score (nSPS) is 47.1. The number of fused-ring (bicyclic) bond motifs is 5. The zero-order valence-corrected chi connectivity index (χ0v) is 28.8. The molecule has 244 valence electrons. The molecule has 0 spiro atoms. The molecule has 43 heavy (non-hydrogen) atoms. The molecule has 1 saturated heterocycles. The van der Waals surface area contributed by atoms with Gasteiger partial charge in [0.1, 0.15) is 17.8 Å². The maximum Gasteiger partial charge on any atom is 0.303 e. The van der Waals surface area contributed by atoms with E-state index in [2.05, 4.69) is 41.5 Å². The van der Waals surface area contributed by atoms with Crippen LogP contribution in [0.1, 0.15) is 134 Å². The highest BCUT2D eigenvalue weighted by Gasteiger charge is 2.72. The van der Waals surface area contributed by atoms with Crippen LogP contribution in [0.15, 0.2) is 0 Å². The second kappa shape index (κ2) is 10.5. The van der Waals surface area contributed by atoms with E-state index in [9.17, 15) is 14.4 Å². The summed E-state index contributed by atoms with van der Waals surface area (Å²) in [7, 11) is 0. The highest BCUT2D eigenvalue weighted by molar-refractivity contribution is 5.67. The van der Waals surface area contributed by atoms with Crippen LogP contribution in [0.25, 0.3) is 0 Å². The molecule has 7 heteroatoms. The molecule has 7 nitrogen and oxygen atoms in total. The van der Waals surface area contributed by atoms with Crippen LogP contribution in [-0.4, -0.2) is 47.4 Å². The molecule has 0 radical (unpaired) electrons. The SMILES string of the molecule is CC(=O)O[C@H]1CC[C@]2(C)[C@H]3C[C@@H](OC(C)=O)[C@@H]4[C@@H]([C@]5(C)CC[C@@H](C(C)(C)OC(C)=O)O5)CC[C@@]4(C)[C@]3(C)CC[C@H]2C1(C)C. The molecule has 4 aliphatic carbocycles. The molecule has 5 aliphatic rings. The fourth-order valence-corrected chi connectivity index (χ4v) is 12.2. The second-order valence-corrected chi connectivity index (χ2v) is 17.2. The van der Waals surface area contributed by atoms with Crippen molar-refractivity contribution in [1.82, 2.24) is 0 Å². The molecule has 0 bridgehead atoms. The van der Waals surface area contributed by atoms with Gasteiger partial charge in [-0.05, 0) is 113 Å². The Labute approximate surface area is 259 Å². The summed E-state index contributed by atoms with van der Waals surface area (Å²) in [4.78, 5) is 36.6.